The Bertz CT molecular complexity index is 421. The van der Waals surface area contributed by atoms with Gasteiger partial charge < -0.3 is 9.47 Å². The Morgan fingerprint density at radius 1 is 1.18 bits per heavy atom. The van der Waals surface area contributed by atoms with Crippen LogP contribution in [-0.2, 0) is 9.53 Å². The Morgan fingerprint density at radius 2 is 1.65 bits per heavy atom. The van der Waals surface area contributed by atoms with E-state index in [1.54, 1.807) is 0 Å². The number of halogens is 4. The van der Waals surface area contributed by atoms with Gasteiger partial charge in [-0.15, -0.1) is 0 Å². The molecule has 1 aromatic rings. The minimum absolute atomic E-state index is 0.0420. The molecule has 1 rings (SSSR count). The molecule has 0 aromatic heterocycles. The first-order chi connectivity index (χ1) is 7.88. The zero-order valence-electron chi connectivity index (χ0n) is 8.89. The van der Waals surface area contributed by atoms with Gasteiger partial charge in [0.15, 0.2) is 23.5 Å². The van der Waals surface area contributed by atoms with Crippen LogP contribution in [0.15, 0.2) is 6.07 Å². The van der Waals surface area contributed by atoms with E-state index >= 15 is 0 Å². The minimum Gasteiger partial charge on any atom is -0.473 e. The number of ether oxygens (including phenoxy) is 2. The summed E-state index contributed by atoms with van der Waals surface area (Å²) < 4.78 is 60.5. The van der Waals surface area contributed by atoms with Crippen LogP contribution in [0, 0.1) is 23.3 Å². The maximum absolute atomic E-state index is 13.1. The summed E-state index contributed by atoms with van der Waals surface area (Å²) in [5, 5.41) is 0. The van der Waals surface area contributed by atoms with Gasteiger partial charge in [0.1, 0.15) is 0 Å². The summed E-state index contributed by atoms with van der Waals surface area (Å²) in [5.74, 6) is -8.87. The third-order valence-corrected chi connectivity index (χ3v) is 1.90. The maximum atomic E-state index is 13.1. The molecule has 17 heavy (non-hydrogen) atoms. The molecule has 0 saturated carbocycles. The highest BCUT2D eigenvalue weighted by molar-refractivity contribution is 5.74. The summed E-state index contributed by atoms with van der Waals surface area (Å²) in [6.07, 6.45) is -1.40. The number of esters is 1. The Kier molecular flexibility index (Phi) is 3.93. The maximum Gasteiger partial charge on any atom is 0.346 e. The third kappa shape index (κ3) is 2.66. The van der Waals surface area contributed by atoms with Gasteiger partial charge in [0.05, 0.1) is 7.11 Å². The molecule has 0 aliphatic heterocycles. The average molecular weight is 252 g/mol. The molecule has 0 aliphatic rings. The van der Waals surface area contributed by atoms with Crippen LogP contribution in [0.4, 0.5) is 17.6 Å². The molecule has 1 atom stereocenters. The first kappa shape index (κ1) is 13.3. The lowest BCUT2D eigenvalue weighted by molar-refractivity contribution is -0.148. The molecule has 1 aromatic carbocycles. The Hall–Kier alpha value is -1.79. The SMILES string of the molecule is COC(=O)[C@H](C)Oc1c(F)c(F)cc(F)c1F. The van der Waals surface area contributed by atoms with Gasteiger partial charge in [0.25, 0.3) is 0 Å². The van der Waals surface area contributed by atoms with Gasteiger partial charge in [-0.2, -0.15) is 8.78 Å². The Labute approximate surface area is 93.9 Å². The van der Waals surface area contributed by atoms with Crippen LogP contribution in [0.25, 0.3) is 0 Å². The lowest BCUT2D eigenvalue weighted by Gasteiger charge is -2.14. The highest BCUT2D eigenvalue weighted by Crippen LogP contribution is 2.27. The second kappa shape index (κ2) is 5.03. The highest BCUT2D eigenvalue weighted by Gasteiger charge is 2.25. The van der Waals surface area contributed by atoms with Crippen molar-refractivity contribution in [3.8, 4) is 5.75 Å². The predicted molar refractivity (Wildman–Crippen MR) is 48.4 cm³/mol. The second-order valence-electron chi connectivity index (χ2n) is 3.08. The zero-order chi connectivity index (χ0) is 13.2. The minimum atomic E-state index is -1.71. The standard InChI is InChI=1S/C10H8F4O3/c1-4(10(15)16-2)17-9-7(13)5(11)3-6(12)8(9)14/h3-4H,1-2H3/t4-/m0/s1. The molecule has 0 heterocycles. The molecule has 94 valence electrons. The number of carbonyl (C=O) groups excluding carboxylic acids is 1. The van der Waals surface area contributed by atoms with E-state index in [1.165, 1.54) is 0 Å². The van der Waals surface area contributed by atoms with E-state index in [1.807, 2.05) is 0 Å². The normalized spacial score (nSPS) is 12.1. The van der Waals surface area contributed by atoms with Gasteiger partial charge in [-0.05, 0) is 6.92 Å². The predicted octanol–water partition coefficient (Wildman–Crippen LogP) is 2.18. The first-order valence-electron chi connectivity index (χ1n) is 4.46. The Balaban J connectivity index is 3.10. The Morgan fingerprint density at radius 3 is 2.06 bits per heavy atom. The second-order valence-corrected chi connectivity index (χ2v) is 3.08. The topological polar surface area (TPSA) is 35.5 Å². The quantitative estimate of drug-likeness (QED) is 0.470. The van der Waals surface area contributed by atoms with Crippen molar-refractivity contribution >= 4 is 5.97 Å². The number of hydrogen-bond acceptors (Lipinski definition) is 3. The molecule has 0 unspecified atom stereocenters. The molecule has 0 radical (unpaired) electrons. The molecule has 0 saturated heterocycles. The van der Waals surface area contributed by atoms with Crippen molar-refractivity contribution in [1.29, 1.82) is 0 Å². The number of benzene rings is 1. The van der Waals surface area contributed by atoms with E-state index in [9.17, 15) is 22.4 Å². The summed E-state index contributed by atoms with van der Waals surface area (Å²) in [4.78, 5) is 10.9. The average Bonchev–Trinajstić information content (AvgIpc) is 2.30. The van der Waals surface area contributed by atoms with E-state index in [0.717, 1.165) is 14.0 Å². The van der Waals surface area contributed by atoms with Crippen LogP contribution in [0.1, 0.15) is 6.92 Å². The van der Waals surface area contributed by atoms with Crippen molar-refractivity contribution in [2.45, 2.75) is 13.0 Å². The van der Waals surface area contributed by atoms with Crippen molar-refractivity contribution in [1.82, 2.24) is 0 Å². The molecule has 0 amide bonds. The van der Waals surface area contributed by atoms with E-state index in [4.69, 9.17) is 0 Å². The molecular formula is C10H8F4O3. The van der Waals surface area contributed by atoms with Crippen LogP contribution in [0.5, 0.6) is 5.75 Å². The number of carbonyl (C=O) groups is 1. The van der Waals surface area contributed by atoms with E-state index in [-0.39, 0.29) is 6.07 Å². The summed E-state index contributed by atoms with van der Waals surface area (Å²) in [7, 11) is 1.03. The highest BCUT2D eigenvalue weighted by atomic mass is 19.2. The van der Waals surface area contributed by atoms with Crippen molar-refractivity contribution < 1.29 is 31.8 Å². The van der Waals surface area contributed by atoms with Gasteiger partial charge >= 0.3 is 5.97 Å². The fraction of sp³-hybridized carbons (Fsp3) is 0.300. The zero-order valence-corrected chi connectivity index (χ0v) is 8.89. The van der Waals surface area contributed by atoms with Crippen molar-refractivity contribution in [3.63, 3.8) is 0 Å². The fourth-order valence-electron chi connectivity index (χ4n) is 1.05. The summed E-state index contributed by atoms with van der Waals surface area (Å²) in [6.45, 7) is 1.12. The molecular weight excluding hydrogens is 244 g/mol. The van der Waals surface area contributed by atoms with Crippen LogP contribution in [-0.4, -0.2) is 19.2 Å². The largest absolute Gasteiger partial charge is 0.473 e. The third-order valence-electron chi connectivity index (χ3n) is 1.90. The summed E-state index contributed by atoms with van der Waals surface area (Å²) in [5.41, 5.74) is 0. The van der Waals surface area contributed by atoms with Gasteiger partial charge in [0.2, 0.25) is 11.6 Å². The first-order valence-corrected chi connectivity index (χ1v) is 4.46. The van der Waals surface area contributed by atoms with Crippen LogP contribution < -0.4 is 4.74 Å². The number of rotatable bonds is 3. The smallest absolute Gasteiger partial charge is 0.346 e. The number of methoxy groups -OCH3 is 1. The molecule has 0 spiro atoms. The van der Waals surface area contributed by atoms with Crippen LogP contribution in [0.3, 0.4) is 0 Å². The lowest BCUT2D eigenvalue weighted by atomic mass is 10.3. The molecule has 0 aliphatic carbocycles. The lowest BCUT2D eigenvalue weighted by Crippen LogP contribution is -2.26. The van der Waals surface area contributed by atoms with Gasteiger partial charge in [0, 0.05) is 6.07 Å². The van der Waals surface area contributed by atoms with E-state index in [0.29, 0.717) is 0 Å². The van der Waals surface area contributed by atoms with Gasteiger partial charge in [-0.1, -0.05) is 0 Å². The fourth-order valence-corrected chi connectivity index (χ4v) is 1.05. The molecule has 7 heteroatoms. The van der Waals surface area contributed by atoms with Gasteiger partial charge in [-0.25, -0.2) is 13.6 Å². The molecule has 0 fully saturated rings. The van der Waals surface area contributed by atoms with E-state index in [2.05, 4.69) is 9.47 Å². The van der Waals surface area contributed by atoms with Crippen LogP contribution >= 0.6 is 0 Å². The van der Waals surface area contributed by atoms with Crippen molar-refractivity contribution in [2.75, 3.05) is 7.11 Å². The van der Waals surface area contributed by atoms with E-state index < -0.39 is 41.1 Å². The summed E-state index contributed by atoms with van der Waals surface area (Å²) >= 11 is 0. The van der Waals surface area contributed by atoms with Crippen molar-refractivity contribution in [3.05, 3.63) is 29.3 Å². The molecule has 0 bridgehead atoms. The van der Waals surface area contributed by atoms with Gasteiger partial charge in [-0.3, -0.25) is 0 Å². The van der Waals surface area contributed by atoms with Crippen molar-refractivity contribution in [2.24, 2.45) is 0 Å². The van der Waals surface area contributed by atoms with Crippen LogP contribution in [0.2, 0.25) is 0 Å². The molecule has 0 N–H and O–H groups in total. The molecule has 3 nitrogen and oxygen atoms in total. The monoisotopic (exact) mass is 252 g/mol. The number of hydrogen-bond donors (Lipinski definition) is 0. The summed E-state index contributed by atoms with van der Waals surface area (Å²) in [6, 6.07) is 0.0420.